The lowest BCUT2D eigenvalue weighted by Crippen LogP contribution is -2.47. The van der Waals surface area contributed by atoms with Gasteiger partial charge in [-0.1, -0.05) is 6.42 Å². The highest BCUT2D eigenvalue weighted by molar-refractivity contribution is 5.03. The second-order valence-electron chi connectivity index (χ2n) is 5.40. The van der Waals surface area contributed by atoms with Crippen molar-refractivity contribution in [3.8, 4) is 0 Å². The molecule has 3 fully saturated rings. The first-order valence-corrected chi connectivity index (χ1v) is 5.89. The van der Waals surface area contributed by atoms with E-state index in [-0.39, 0.29) is 0 Å². The summed E-state index contributed by atoms with van der Waals surface area (Å²) in [7, 11) is 1.95. The number of fused-ring (bicyclic) bond motifs is 6. The summed E-state index contributed by atoms with van der Waals surface area (Å²) in [5, 5.41) is 0. The van der Waals surface area contributed by atoms with E-state index in [2.05, 4.69) is 0 Å². The molecule has 0 heterocycles. The van der Waals surface area contributed by atoms with Crippen LogP contribution in [0.25, 0.3) is 0 Å². The highest BCUT2D eigenvalue weighted by atomic mass is 16.5. The van der Waals surface area contributed by atoms with Gasteiger partial charge in [0.25, 0.3) is 0 Å². The molecule has 4 unspecified atom stereocenters. The van der Waals surface area contributed by atoms with Crippen molar-refractivity contribution in [3.05, 3.63) is 0 Å². The van der Waals surface area contributed by atoms with Gasteiger partial charge < -0.3 is 4.74 Å². The third-order valence-electron chi connectivity index (χ3n) is 5.07. The summed E-state index contributed by atoms with van der Waals surface area (Å²) in [5.74, 6) is 3.01. The molecule has 1 nitrogen and oxygen atoms in total. The maximum atomic E-state index is 5.88. The number of ether oxygens (including phenoxy) is 1. The molecule has 0 aromatic carbocycles. The van der Waals surface area contributed by atoms with Crippen LogP contribution < -0.4 is 0 Å². The maximum Gasteiger partial charge on any atom is 0.0709 e. The van der Waals surface area contributed by atoms with Crippen molar-refractivity contribution in [1.82, 2.24) is 0 Å². The predicted octanol–water partition coefficient (Wildman–Crippen LogP) is 2.99. The summed E-state index contributed by atoms with van der Waals surface area (Å²) in [6.45, 7) is 0. The molecule has 0 amide bonds. The topological polar surface area (TPSA) is 9.23 Å². The fraction of sp³-hybridized carbons (Fsp3) is 1.00. The summed E-state index contributed by atoms with van der Waals surface area (Å²) >= 11 is 0. The summed E-state index contributed by atoms with van der Waals surface area (Å²) in [6, 6.07) is 0. The van der Waals surface area contributed by atoms with Crippen LogP contribution in [0.4, 0.5) is 0 Å². The van der Waals surface area contributed by atoms with E-state index in [0.29, 0.717) is 5.60 Å². The minimum Gasteiger partial charge on any atom is -0.378 e. The van der Waals surface area contributed by atoms with Gasteiger partial charge in [-0.15, -0.1) is 0 Å². The Kier molecular flexibility index (Phi) is 1.74. The van der Waals surface area contributed by atoms with Crippen LogP contribution in [0.15, 0.2) is 0 Å². The molecule has 13 heavy (non-hydrogen) atoms. The number of hydrogen-bond acceptors (Lipinski definition) is 1. The summed E-state index contributed by atoms with van der Waals surface area (Å²) in [5.41, 5.74) is 0.329. The molecule has 3 rings (SSSR count). The summed E-state index contributed by atoms with van der Waals surface area (Å²) in [6.07, 6.45) is 10.1. The maximum absolute atomic E-state index is 5.88. The Balaban J connectivity index is 1.93. The van der Waals surface area contributed by atoms with Gasteiger partial charge in [0.15, 0.2) is 0 Å². The molecule has 4 atom stereocenters. The zero-order chi connectivity index (χ0) is 8.89. The molecule has 74 valence electrons. The third-order valence-corrected chi connectivity index (χ3v) is 5.07. The Morgan fingerprint density at radius 3 is 2.92 bits per heavy atom. The van der Waals surface area contributed by atoms with Gasteiger partial charge in [0.1, 0.15) is 0 Å². The van der Waals surface area contributed by atoms with E-state index in [9.17, 15) is 0 Å². The Bertz CT molecular complexity index is 213. The van der Waals surface area contributed by atoms with Gasteiger partial charge in [-0.2, -0.15) is 0 Å². The molecule has 4 bridgehead atoms. The van der Waals surface area contributed by atoms with Crippen LogP contribution in [-0.4, -0.2) is 12.7 Å². The molecule has 3 saturated carbocycles. The molecule has 3 aliphatic carbocycles. The quantitative estimate of drug-likeness (QED) is 0.602. The lowest BCUT2D eigenvalue weighted by molar-refractivity contribution is -0.118. The molecule has 0 N–H and O–H groups in total. The van der Waals surface area contributed by atoms with Crippen molar-refractivity contribution in [3.63, 3.8) is 0 Å². The first-order valence-electron chi connectivity index (χ1n) is 5.89. The van der Waals surface area contributed by atoms with Crippen LogP contribution in [0.2, 0.25) is 0 Å². The summed E-state index contributed by atoms with van der Waals surface area (Å²) < 4.78 is 5.88. The normalized spacial score (nSPS) is 53.8. The SMILES string of the molecule is COC12CCCC(C1)C1CCC2C1. The molecule has 0 aromatic rings. The minimum atomic E-state index is 0.329. The predicted molar refractivity (Wildman–Crippen MR) is 52.5 cm³/mol. The fourth-order valence-electron chi connectivity index (χ4n) is 4.36. The van der Waals surface area contributed by atoms with E-state index < -0.39 is 0 Å². The second kappa shape index (κ2) is 2.73. The van der Waals surface area contributed by atoms with E-state index in [1.54, 1.807) is 0 Å². The van der Waals surface area contributed by atoms with E-state index in [1.807, 2.05) is 7.11 Å². The smallest absolute Gasteiger partial charge is 0.0709 e. The van der Waals surface area contributed by atoms with Crippen molar-refractivity contribution in [2.75, 3.05) is 7.11 Å². The minimum absolute atomic E-state index is 0.329. The standard InChI is InChI=1S/C12H20O/c1-13-12-6-2-3-10(8-12)9-4-5-11(12)7-9/h9-11H,2-8H2,1H3. The van der Waals surface area contributed by atoms with Crippen molar-refractivity contribution in [2.24, 2.45) is 17.8 Å². The first-order chi connectivity index (χ1) is 6.34. The molecule has 0 aromatic heterocycles. The molecule has 1 heteroatoms. The Labute approximate surface area is 80.8 Å². The molecular formula is C12H20O. The van der Waals surface area contributed by atoms with Crippen LogP contribution in [-0.2, 0) is 4.74 Å². The molecule has 0 saturated heterocycles. The van der Waals surface area contributed by atoms with E-state index in [0.717, 1.165) is 17.8 Å². The Morgan fingerprint density at radius 1 is 1.15 bits per heavy atom. The Morgan fingerprint density at radius 2 is 2.08 bits per heavy atom. The van der Waals surface area contributed by atoms with Crippen LogP contribution >= 0.6 is 0 Å². The highest BCUT2D eigenvalue weighted by Crippen LogP contribution is 2.57. The van der Waals surface area contributed by atoms with Crippen molar-refractivity contribution in [1.29, 1.82) is 0 Å². The monoisotopic (exact) mass is 180 g/mol. The van der Waals surface area contributed by atoms with Gasteiger partial charge in [-0.05, 0) is 56.3 Å². The summed E-state index contributed by atoms with van der Waals surface area (Å²) in [4.78, 5) is 0. The first kappa shape index (κ1) is 8.28. The largest absolute Gasteiger partial charge is 0.378 e. The van der Waals surface area contributed by atoms with Crippen molar-refractivity contribution in [2.45, 2.75) is 50.5 Å². The zero-order valence-corrected chi connectivity index (χ0v) is 8.59. The van der Waals surface area contributed by atoms with E-state index >= 15 is 0 Å². The van der Waals surface area contributed by atoms with Gasteiger partial charge >= 0.3 is 0 Å². The average molecular weight is 180 g/mol. The second-order valence-corrected chi connectivity index (χ2v) is 5.40. The number of rotatable bonds is 1. The lowest BCUT2D eigenvalue weighted by Gasteiger charge is -2.48. The number of methoxy groups -OCH3 is 1. The van der Waals surface area contributed by atoms with Crippen LogP contribution in [0.3, 0.4) is 0 Å². The van der Waals surface area contributed by atoms with Crippen LogP contribution in [0.5, 0.6) is 0 Å². The van der Waals surface area contributed by atoms with Gasteiger partial charge in [-0.3, -0.25) is 0 Å². The fourth-order valence-corrected chi connectivity index (χ4v) is 4.36. The van der Waals surface area contributed by atoms with Gasteiger partial charge in [0.05, 0.1) is 5.60 Å². The van der Waals surface area contributed by atoms with E-state index in [1.165, 1.54) is 44.9 Å². The van der Waals surface area contributed by atoms with Crippen LogP contribution in [0, 0.1) is 17.8 Å². The zero-order valence-electron chi connectivity index (χ0n) is 8.59. The highest BCUT2D eigenvalue weighted by Gasteiger charge is 2.52. The van der Waals surface area contributed by atoms with Crippen molar-refractivity contribution >= 4 is 0 Å². The van der Waals surface area contributed by atoms with Crippen LogP contribution in [0.1, 0.15) is 44.9 Å². The van der Waals surface area contributed by atoms with Gasteiger partial charge in [0.2, 0.25) is 0 Å². The Hall–Kier alpha value is -0.0400. The molecule has 0 radical (unpaired) electrons. The lowest BCUT2D eigenvalue weighted by atomic mass is 9.63. The van der Waals surface area contributed by atoms with Gasteiger partial charge in [-0.25, -0.2) is 0 Å². The number of hydrogen-bond donors (Lipinski definition) is 0. The molecular weight excluding hydrogens is 160 g/mol. The third kappa shape index (κ3) is 1.03. The molecule has 3 aliphatic rings. The molecule has 0 spiro atoms. The average Bonchev–Trinajstić information content (AvgIpc) is 2.63. The van der Waals surface area contributed by atoms with Gasteiger partial charge in [0, 0.05) is 7.11 Å². The van der Waals surface area contributed by atoms with Crippen molar-refractivity contribution < 1.29 is 4.74 Å². The molecule has 0 aliphatic heterocycles. The van der Waals surface area contributed by atoms with E-state index in [4.69, 9.17) is 4.74 Å².